The maximum Gasteiger partial charge on any atom is 0.322 e. The molecular formula is C43H54N4O7. The van der Waals surface area contributed by atoms with Crippen LogP contribution in [0.5, 0.6) is 5.75 Å². The number of para-hydroxylation sites is 1. The predicted octanol–water partition coefficient (Wildman–Crippen LogP) is 3.45. The molecule has 9 rings (SSSR count). The van der Waals surface area contributed by atoms with Crippen molar-refractivity contribution in [2.75, 3.05) is 58.9 Å². The molecule has 2 bridgehead atoms. The predicted molar refractivity (Wildman–Crippen MR) is 205 cm³/mol. The molecule has 3 aromatic rings. The molecule has 1 aromatic heterocycles. The first-order valence-electron chi connectivity index (χ1n) is 19.8. The van der Waals surface area contributed by atoms with E-state index in [0.29, 0.717) is 69.2 Å². The molecule has 2 aromatic carbocycles. The van der Waals surface area contributed by atoms with Gasteiger partial charge in [0.05, 0.1) is 25.9 Å². The number of nitrogens with one attached hydrogen (secondary N) is 1. The summed E-state index contributed by atoms with van der Waals surface area (Å²) in [7, 11) is 4.96. The lowest BCUT2D eigenvalue weighted by Gasteiger charge is -2.62. The number of nitrogens with zero attached hydrogens (tertiary/aromatic N) is 3. The highest BCUT2D eigenvalue weighted by molar-refractivity contribution is 5.94. The van der Waals surface area contributed by atoms with E-state index in [0.717, 1.165) is 53.0 Å². The van der Waals surface area contributed by atoms with E-state index in [1.807, 2.05) is 56.1 Å². The van der Waals surface area contributed by atoms with Crippen molar-refractivity contribution in [1.82, 2.24) is 14.8 Å². The highest BCUT2D eigenvalue weighted by atomic mass is 16.5. The third-order valence-corrected chi connectivity index (χ3v) is 15.1. The van der Waals surface area contributed by atoms with E-state index in [1.165, 1.54) is 7.11 Å². The fraction of sp³-hybridized carbons (Fsp3) is 0.581. The fourth-order valence-electron chi connectivity index (χ4n) is 13.0. The average Bonchev–Trinajstić information content (AvgIpc) is 3.85. The Kier molecular flexibility index (Phi) is 8.07. The number of anilines is 1. The van der Waals surface area contributed by atoms with E-state index >= 15 is 4.79 Å². The van der Waals surface area contributed by atoms with E-state index in [9.17, 15) is 20.1 Å². The maximum absolute atomic E-state index is 15.2. The van der Waals surface area contributed by atoms with Gasteiger partial charge in [0.25, 0.3) is 0 Å². The van der Waals surface area contributed by atoms with Crippen LogP contribution >= 0.6 is 0 Å². The van der Waals surface area contributed by atoms with Gasteiger partial charge in [0.2, 0.25) is 0 Å². The number of hydrogen-bond donors (Lipinski definition) is 4. The number of benzene rings is 2. The van der Waals surface area contributed by atoms with E-state index < -0.39 is 45.6 Å². The summed E-state index contributed by atoms with van der Waals surface area (Å²) in [5.41, 5.74) is -0.830. The number of rotatable bonds is 6. The maximum atomic E-state index is 15.2. The summed E-state index contributed by atoms with van der Waals surface area (Å²) in [4.78, 5) is 38.9. The molecule has 5 aliphatic heterocycles. The molecule has 6 aliphatic rings. The van der Waals surface area contributed by atoms with Crippen molar-refractivity contribution in [3.63, 3.8) is 0 Å². The Balaban J connectivity index is 1.36. The highest BCUT2D eigenvalue weighted by Crippen LogP contribution is 2.67. The molecule has 0 radical (unpaired) electrons. The van der Waals surface area contributed by atoms with Crippen LogP contribution in [0.25, 0.3) is 10.9 Å². The Morgan fingerprint density at radius 3 is 2.57 bits per heavy atom. The Morgan fingerprint density at radius 2 is 1.85 bits per heavy atom. The van der Waals surface area contributed by atoms with E-state index in [-0.39, 0.29) is 12.0 Å². The third kappa shape index (κ3) is 4.36. The number of esters is 1. The number of fused-ring (bicyclic) bond motifs is 6. The van der Waals surface area contributed by atoms with Crippen molar-refractivity contribution in [1.29, 1.82) is 0 Å². The highest BCUT2D eigenvalue weighted by Gasteiger charge is 2.77. The van der Waals surface area contributed by atoms with Crippen LogP contribution in [0.1, 0.15) is 68.3 Å². The first kappa shape index (κ1) is 35.9. The first-order valence-corrected chi connectivity index (χ1v) is 19.8. The van der Waals surface area contributed by atoms with Gasteiger partial charge in [0, 0.05) is 84.0 Å². The van der Waals surface area contributed by atoms with Gasteiger partial charge in [0.15, 0.2) is 11.9 Å². The minimum atomic E-state index is -2.08. The second kappa shape index (κ2) is 12.1. The zero-order chi connectivity index (χ0) is 38.0. The minimum Gasteiger partial charge on any atom is -0.496 e. The summed E-state index contributed by atoms with van der Waals surface area (Å²) < 4.78 is 12.2. The summed E-state index contributed by atoms with van der Waals surface area (Å²) in [5.74, 6) is 0.0292. The summed E-state index contributed by atoms with van der Waals surface area (Å²) >= 11 is 0. The quantitative estimate of drug-likeness (QED) is 0.169. The summed E-state index contributed by atoms with van der Waals surface area (Å²) in [6.07, 6.45) is 6.72. The number of aromatic nitrogens is 1. The second-order valence-corrected chi connectivity index (χ2v) is 17.3. The van der Waals surface area contributed by atoms with E-state index in [1.54, 1.807) is 7.11 Å². The Hall–Kier alpha value is -3.74. The molecule has 6 heterocycles. The molecule has 11 heteroatoms. The average molecular weight is 739 g/mol. The van der Waals surface area contributed by atoms with E-state index in [2.05, 4.69) is 33.0 Å². The normalized spacial score (nSPS) is 39.5. The summed E-state index contributed by atoms with van der Waals surface area (Å²) in [5, 5.41) is 37.7. The van der Waals surface area contributed by atoms with Crippen LogP contribution in [-0.2, 0) is 31.6 Å². The molecule has 11 nitrogen and oxygen atoms in total. The molecule has 10 atom stereocenters. The SMILES string of the molecule is CC[C@]1(O)C[C@H]2CN(CCc3c([nH]c4ccccc34)[C@@](C(=O)OC)(c3cc4c(cc3OC)N(C)[C@H]3[C@@](O)(C=O)[C@H](O)[C@]5(CC)C=CCN6CC[C@]43[C@H]65)C2)C1. The number of aliphatic hydroxyl groups excluding tert-OH is 1. The minimum absolute atomic E-state index is 0.0603. The van der Waals surface area contributed by atoms with Crippen LogP contribution < -0.4 is 9.64 Å². The van der Waals surface area contributed by atoms with Gasteiger partial charge in [-0.3, -0.25) is 19.4 Å². The number of likely N-dealkylation sites (N-methyl/N-ethyl adjacent to an activating group) is 1. The topological polar surface area (TPSA) is 139 Å². The molecule has 1 aliphatic carbocycles. The zero-order valence-electron chi connectivity index (χ0n) is 32.1. The van der Waals surface area contributed by atoms with Crippen LogP contribution in [0.3, 0.4) is 0 Å². The number of aldehydes is 1. The number of ether oxygens (including phenoxy) is 2. The smallest absolute Gasteiger partial charge is 0.322 e. The van der Waals surface area contributed by atoms with Gasteiger partial charge in [-0.05, 0) is 74.2 Å². The van der Waals surface area contributed by atoms with Crippen molar-refractivity contribution < 1.29 is 34.4 Å². The van der Waals surface area contributed by atoms with Crippen LogP contribution in [0.4, 0.5) is 5.69 Å². The molecule has 2 saturated heterocycles. The third-order valence-electron chi connectivity index (χ3n) is 15.1. The van der Waals surface area contributed by atoms with Gasteiger partial charge >= 0.3 is 5.97 Å². The lowest BCUT2D eigenvalue weighted by Crippen LogP contribution is -2.79. The number of hydrogen-bond acceptors (Lipinski definition) is 10. The number of carbonyl (C=O) groups excluding carboxylic acids is 2. The standard InChI is InChI=1S/C43H54N4O7/c1-6-39(51)21-26-22-42(38(50)54-5,34-28(13-17-46(23-26)24-39)27-11-8-9-12-31(27)44-34)30-19-29-32(20-33(30)53-4)45(3)36-41(29)15-18-47-16-10-14-40(7-2,35(41)47)37(49)43(36,52)25-48/h8-12,14,19-20,25-26,35-37,44,49,51-52H,6-7,13,15-18,21-24H2,1-5H3/t26-,35-,36-,37-,39+,40-,41-,42+,43+/m1/s1. The lowest BCUT2D eigenvalue weighted by molar-refractivity contribution is -0.193. The van der Waals surface area contributed by atoms with Crippen molar-refractivity contribution in [3.05, 3.63) is 70.9 Å². The number of aliphatic hydroxyl groups is 3. The molecular weight excluding hydrogens is 684 g/mol. The first-order chi connectivity index (χ1) is 25.9. The molecule has 1 saturated carbocycles. The van der Waals surface area contributed by atoms with Crippen molar-refractivity contribution >= 4 is 28.8 Å². The zero-order valence-corrected chi connectivity index (χ0v) is 32.1. The number of carbonyl (C=O) groups is 2. The Bertz CT molecular complexity index is 2070. The largest absolute Gasteiger partial charge is 0.496 e. The number of methoxy groups -OCH3 is 2. The van der Waals surface area contributed by atoms with Gasteiger partial charge < -0.3 is 34.7 Å². The fourth-order valence-corrected chi connectivity index (χ4v) is 13.0. The lowest BCUT2D eigenvalue weighted by atomic mass is 9.48. The molecule has 0 amide bonds. The van der Waals surface area contributed by atoms with Crippen molar-refractivity contribution in [2.45, 2.75) is 92.6 Å². The Labute approximate surface area is 316 Å². The van der Waals surface area contributed by atoms with Crippen LogP contribution in [-0.4, -0.2) is 126 Å². The van der Waals surface area contributed by atoms with Crippen molar-refractivity contribution in [2.24, 2.45) is 11.3 Å². The summed E-state index contributed by atoms with van der Waals surface area (Å²) in [6, 6.07) is 11.3. The van der Waals surface area contributed by atoms with Crippen molar-refractivity contribution in [3.8, 4) is 5.75 Å². The monoisotopic (exact) mass is 738 g/mol. The van der Waals surface area contributed by atoms with Gasteiger partial charge in [-0.25, -0.2) is 0 Å². The molecule has 1 spiro atoms. The van der Waals surface area contributed by atoms with Gasteiger partial charge in [-0.1, -0.05) is 44.2 Å². The van der Waals surface area contributed by atoms with Crippen LogP contribution in [0.15, 0.2) is 48.6 Å². The molecule has 4 N–H and O–H groups in total. The number of piperidine rings is 1. The van der Waals surface area contributed by atoms with E-state index in [4.69, 9.17) is 9.47 Å². The molecule has 54 heavy (non-hydrogen) atoms. The van der Waals surface area contributed by atoms with Crippen LogP contribution in [0.2, 0.25) is 0 Å². The molecule has 3 fully saturated rings. The number of aromatic amines is 1. The van der Waals surface area contributed by atoms with Gasteiger partial charge in [0.1, 0.15) is 17.3 Å². The Morgan fingerprint density at radius 1 is 1.06 bits per heavy atom. The number of H-pyrrole nitrogens is 1. The second-order valence-electron chi connectivity index (χ2n) is 17.3. The molecule has 1 unspecified atom stereocenters. The van der Waals surface area contributed by atoms with Gasteiger partial charge in [-0.2, -0.15) is 0 Å². The molecule has 288 valence electrons. The summed E-state index contributed by atoms with van der Waals surface area (Å²) in [6.45, 7) is 7.54. The van der Waals surface area contributed by atoms with Gasteiger partial charge in [-0.15, -0.1) is 0 Å². The van der Waals surface area contributed by atoms with Crippen LogP contribution in [0, 0.1) is 11.3 Å².